The number of benzene rings is 2. The zero-order valence-electron chi connectivity index (χ0n) is 14.1. The second-order valence-corrected chi connectivity index (χ2v) is 5.88. The van der Waals surface area contributed by atoms with Crippen molar-refractivity contribution in [3.63, 3.8) is 0 Å². The third-order valence-electron chi connectivity index (χ3n) is 4.25. The Morgan fingerprint density at radius 3 is 2.42 bits per heavy atom. The van der Waals surface area contributed by atoms with Crippen LogP contribution in [0.25, 0.3) is 11.0 Å². The van der Waals surface area contributed by atoms with Gasteiger partial charge in [-0.3, -0.25) is 4.90 Å². The van der Waals surface area contributed by atoms with E-state index < -0.39 is 0 Å². The van der Waals surface area contributed by atoms with Gasteiger partial charge in [-0.2, -0.15) is 0 Å². The predicted octanol–water partition coefficient (Wildman–Crippen LogP) is 3.00. The average molecular weight is 345 g/mol. The van der Waals surface area contributed by atoms with Gasteiger partial charge in [-0.1, -0.05) is 42.5 Å². The van der Waals surface area contributed by atoms with Crippen LogP contribution in [-0.4, -0.2) is 34.1 Å². The van der Waals surface area contributed by atoms with Gasteiger partial charge in [-0.15, -0.1) is 12.4 Å². The van der Waals surface area contributed by atoms with Crippen molar-refractivity contribution in [2.45, 2.75) is 13.0 Å². The molecule has 0 atom stereocenters. The Balaban J connectivity index is 0.00000208. The molecule has 0 spiro atoms. The highest BCUT2D eigenvalue weighted by atomic mass is 35.5. The lowest BCUT2D eigenvalue weighted by Gasteiger charge is -2.21. The lowest BCUT2D eigenvalue weighted by atomic mass is 10.1. The van der Waals surface area contributed by atoms with E-state index in [-0.39, 0.29) is 12.4 Å². The summed E-state index contributed by atoms with van der Waals surface area (Å²) in [6, 6.07) is 18.9. The van der Waals surface area contributed by atoms with E-state index in [1.807, 2.05) is 6.07 Å². The summed E-state index contributed by atoms with van der Waals surface area (Å²) in [7, 11) is 2.09. The Bertz CT molecular complexity index is 754. The zero-order valence-corrected chi connectivity index (χ0v) is 14.9. The van der Waals surface area contributed by atoms with Crippen LogP contribution in [0.5, 0.6) is 0 Å². The van der Waals surface area contributed by atoms with Gasteiger partial charge in [0.15, 0.2) is 0 Å². The van der Waals surface area contributed by atoms with Gasteiger partial charge in [0.1, 0.15) is 5.82 Å². The van der Waals surface area contributed by atoms with E-state index in [4.69, 9.17) is 10.7 Å². The van der Waals surface area contributed by atoms with Crippen molar-refractivity contribution >= 4 is 23.4 Å². The van der Waals surface area contributed by atoms with Gasteiger partial charge in [-0.25, -0.2) is 4.98 Å². The van der Waals surface area contributed by atoms with Crippen molar-refractivity contribution < 1.29 is 0 Å². The fourth-order valence-electron chi connectivity index (χ4n) is 2.92. The average Bonchev–Trinajstić information content (AvgIpc) is 2.90. The van der Waals surface area contributed by atoms with E-state index in [1.165, 1.54) is 11.1 Å². The molecule has 0 aliphatic heterocycles. The van der Waals surface area contributed by atoms with Gasteiger partial charge in [0.25, 0.3) is 0 Å². The minimum atomic E-state index is 0. The van der Waals surface area contributed by atoms with Crippen molar-refractivity contribution in [2.24, 2.45) is 12.8 Å². The summed E-state index contributed by atoms with van der Waals surface area (Å²) in [5.74, 6) is 1.09. The van der Waals surface area contributed by atoms with Crippen LogP contribution in [0.15, 0.2) is 54.6 Å². The Morgan fingerprint density at radius 2 is 1.71 bits per heavy atom. The first-order valence-corrected chi connectivity index (χ1v) is 8.14. The molecule has 0 aliphatic carbocycles. The van der Waals surface area contributed by atoms with Crippen LogP contribution >= 0.6 is 12.4 Å². The predicted molar refractivity (Wildman–Crippen MR) is 102 cm³/mol. The molecule has 0 amide bonds. The number of aryl methyl sites for hydroxylation is 1. The van der Waals surface area contributed by atoms with Crippen LogP contribution in [0.3, 0.4) is 0 Å². The molecular weight excluding hydrogens is 320 g/mol. The summed E-state index contributed by atoms with van der Waals surface area (Å²) in [5.41, 5.74) is 9.39. The number of rotatable bonds is 7. The van der Waals surface area contributed by atoms with E-state index >= 15 is 0 Å². The quantitative estimate of drug-likeness (QED) is 0.716. The molecule has 2 aromatic carbocycles. The normalized spacial score (nSPS) is 11.0. The molecule has 0 saturated carbocycles. The molecule has 128 valence electrons. The Morgan fingerprint density at radius 1 is 1.00 bits per heavy atom. The first-order chi connectivity index (χ1) is 11.3. The smallest absolute Gasteiger partial charge is 0.123 e. The molecule has 0 saturated heterocycles. The summed E-state index contributed by atoms with van der Waals surface area (Å²) in [4.78, 5) is 7.15. The van der Waals surface area contributed by atoms with Gasteiger partial charge in [0.05, 0.1) is 17.6 Å². The summed E-state index contributed by atoms with van der Waals surface area (Å²) in [5, 5.41) is 0. The Kier molecular flexibility index (Phi) is 6.79. The molecule has 3 aromatic rings. The largest absolute Gasteiger partial charge is 0.330 e. The monoisotopic (exact) mass is 344 g/mol. The summed E-state index contributed by atoms with van der Waals surface area (Å²) < 4.78 is 2.18. The van der Waals surface area contributed by atoms with Crippen LogP contribution in [0, 0.1) is 0 Å². The third kappa shape index (κ3) is 4.35. The second kappa shape index (κ2) is 8.83. The van der Waals surface area contributed by atoms with E-state index in [0.29, 0.717) is 6.54 Å². The van der Waals surface area contributed by atoms with Gasteiger partial charge < -0.3 is 10.3 Å². The highest BCUT2D eigenvalue weighted by Crippen LogP contribution is 2.15. The van der Waals surface area contributed by atoms with Gasteiger partial charge in [0, 0.05) is 26.7 Å². The van der Waals surface area contributed by atoms with E-state index in [9.17, 15) is 0 Å². The van der Waals surface area contributed by atoms with Crippen molar-refractivity contribution in [3.8, 4) is 0 Å². The number of halogens is 1. The lowest BCUT2D eigenvalue weighted by Crippen LogP contribution is -2.32. The summed E-state index contributed by atoms with van der Waals surface area (Å²) in [6.45, 7) is 3.37. The van der Waals surface area contributed by atoms with Crippen molar-refractivity contribution in [2.75, 3.05) is 19.6 Å². The molecule has 3 rings (SSSR count). The fourth-order valence-corrected chi connectivity index (χ4v) is 2.92. The minimum absolute atomic E-state index is 0. The summed E-state index contributed by atoms with van der Waals surface area (Å²) >= 11 is 0. The molecule has 4 nitrogen and oxygen atoms in total. The maximum Gasteiger partial charge on any atom is 0.123 e. The number of hydrogen-bond acceptors (Lipinski definition) is 3. The number of para-hydroxylation sites is 2. The van der Waals surface area contributed by atoms with Crippen LogP contribution in [0.1, 0.15) is 11.4 Å². The van der Waals surface area contributed by atoms with E-state index in [1.54, 1.807) is 0 Å². The molecule has 0 unspecified atom stereocenters. The topological polar surface area (TPSA) is 47.1 Å². The molecule has 24 heavy (non-hydrogen) atoms. The highest BCUT2D eigenvalue weighted by molar-refractivity contribution is 5.85. The number of aromatic nitrogens is 2. The standard InChI is InChI=1S/C19H24N4.ClH/c1-22-18-10-6-5-9-17(18)21-19(22)15-23(14-12-20)13-11-16-7-3-2-4-8-16;/h2-10H,11-15,20H2,1H3;1H. The first-order valence-electron chi connectivity index (χ1n) is 8.14. The lowest BCUT2D eigenvalue weighted by molar-refractivity contribution is 0.267. The number of hydrogen-bond donors (Lipinski definition) is 1. The van der Waals surface area contributed by atoms with Gasteiger partial charge >= 0.3 is 0 Å². The molecule has 1 aromatic heterocycles. The Hall–Kier alpha value is -1.88. The molecule has 5 heteroatoms. The highest BCUT2D eigenvalue weighted by Gasteiger charge is 2.12. The molecule has 1 heterocycles. The van der Waals surface area contributed by atoms with Crippen LogP contribution in [0.2, 0.25) is 0 Å². The molecule has 2 N–H and O–H groups in total. The molecule has 0 aliphatic rings. The second-order valence-electron chi connectivity index (χ2n) is 5.88. The Labute approximate surface area is 149 Å². The maximum absolute atomic E-state index is 5.80. The third-order valence-corrected chi connectivity index (χ3v) is 4.25. The molecule has 0 fully saturated rings. The molecular formula is C19H25ClN4. The van der Waals surface area contributed by atoms with Crippen LogP contribution in [0.4, 0.5) is 0 Å². The summed E-state index contributed by atoms with van der Waals surface area (Å²) in [6.07, 6.45) is 1.03. The fraction of sp³-hybridized carbons (Fsp3) is 0.316. The van der Waals surface area contributed by atoms with Crippen molar-refractivity contribution in [1.82, 2.24) is 14.5 Å². The first kappa shape index (κ1) is 18.5. The number of nitrogens with two attached hydrogens (primary N) is 1. The SMILES string of the molecule is Cl.Cn1c(CN(CCN)CCc2ccccc2)nc2ccccc21. The van der Waals surface area contributed by atoms with E-state index in [2.05, 4.69) is 65.0 Å². The number of nitrogens with zero attached hydrogens (tertiary/aromatic N) is 3. The molecule has 0 bridgehead atoms. The van der Waals surface area contributed by atoms with Crippen molar-refractivity contribution in [1.29, 1.82) is 0 Å². The maximum atomic E-state index is 5.80. The number of fused-ring (bicyclic) bond motifs is 1. The van der Waals surface area contributed by atoms with E-state index in [0.717, 1.165) is 37.4 Å². The van der Waals surface area contributed by atoms with Gasteiger partial charge in [-0.05, 0) is 24.1 Å². The van der Waals surface area contributed by atoms with Gasteiger partial charge in [0.2, 0.25) is 0 Å². The van der Waals surface area contributed by atoms with Crippen LogP contribution < -0.4 is 5.73 Å². The molecule has 0 radical (unpaired) electrons. The van der Waals surface area contributed by atoms with Crippen molar-refractivity contribution in [3.05, 3.63) is 66.0 Å². The minimum Gasteiger partial charge on any atom is -0.330 e. The van der Waals surface area contributed by atoms with Crippen LogP contribution in [-0.2, 0) is 20.0 Å². The zero-order chi connectivity index (χ0) is 16.1. The number of imidazole rings is 1.